The number of pyridine rings is 1. The lowest BCUT2D eigenvalue weighted by Crippen LogP contribution is -2.19. The van der Waals surface area contributed by atoms with Crippen LogP contribution < -0.4 is 5.32 Å². The van der Waals surface area contributed by atoms with Gasteiger partial charge in [0.2, 0.25) is 0 Å². The summed E-state index contributed by atoms with van der Waals surface area (Å²) in [5.74, 6) is 0.931. The van der Waals surface area contributed by atoms with Crippen LogP contribution in [-0.2, 0) is 6.42 Å². The Morgan fingerprint density at radius 2 is 2.26 bits per heavy atom. The Hall–Kier alpha value is -2.28. The van der Waals surface area contributed by atoms with Crippen LogP contribution >= 0.6 is 0 Å². The first-order valence-corrected chi connectivity index (χ1v) is 6.27. The van der Waals surface area contributed by atoms with E-state index >= 15 is 0 Å². The number of hydrogen-bond acceptors (Lipinski definition) is 4. The summed E-state index contributed by atoms with van der Waals surface area (Å²) >= 11 is 0. The topological polar surface area (TPSA) is 61.9 Å². The van der Waals surface area contributed by atoms with Crippen molar-refractivity contribution in [3.8, 4) is 6.07 Å². The standard InChI is InChI=1S/C15H17N3O/c1-10(7-13-5-4-6-19-13)18-15-8-11(2)17-12(3)14(15)9-16/h4-6,8,10H,7H2,1-3H3,(H,17,18). The van der Waals surface area contributed by atoms with Crippen molar-refractivity contribution in [2.75, 3.05) is 5.32 Å². The smallest absolute Gasteiger partial charge is 0.105 e. The highest BCUT2D eigenvalue weighted by Gasteiger charge is 2.11. The third-order valence-electron chi connectivity index (χ3n) is 2.93. The van der Waals surface area contributed by atoms with Crippen LogP contribution in [0.2, 0.25) is 0 Å². The lowest BCUT2D eigenvalue weighted by molar-refractivity contribution is 0.498. The molecule has 4 heteroatoms. The maximum Gasteiger partial charge on any atom is 0.105 e. The third kappa shape index (κ3) is 3.14. The Balaban J connectivity index is 2.16. The van der Waals surface area contributed by atoms with Crippen molar-refractivity contribution in [1.29, 1.82) is 5.26 Å². The van der Waals surface area contributed by atoms with Gasteiger partial charge in [-0.3, -0.25) is 4.98 Å². The molecule has 2 aromatic rings. The van der Waals surface area contributed by atoms with Crippen molar-refractivity contribution < 1.29 is 4.42 Å². The molecule has 0 saturated heterocycles. The number of aromatic nitrogens is 1. The lowest BCUT2D eigenvalue weighted by atomic mass is 10.1. The number of nitrogens with one attached hydrogen (secondary N) is 1. The highest BCUT2D eigenvalue weighted by molar-refractivity contribution is 5.60. The number of anilines is 1. The Bertz CT molecular complexity index is 597. The molecule has 1 N–H and O–H groups in total. The van der Waals surface area contributed by atoms with Crippen molar-refractivity contribution in [2.24, 2.45) is 0 Å². The molecule has 2 rings (SSSR count). The zero-order valence-corrected chi connectivity index (χ0v) is 11.4. The summed E-state index contributed by atoms with van der Waals surface area (Å²) in [6.45, 7) is 5.85. The summed E-state index contributed by atoms with van der Waals surface area (Å²) in [4.78, 5) is 4.31. The van der Waals surface area contributed by atoms with Crippen LogP contribution in [0.25, 0.3) is 0 Å². The average molecular weight is 255 g/mol. The second kappa shape index (κ2) is 5.57. The lowest BCUT2D eigenvalue weighted by Gasteiger charge is -2.16. The minimum absolute atomic E-state index is 0.180. The molecule has 1 atom stereocenters. The van der Waals surface area contributed by atoms with E-state index in [1.165, 1.54) is 0 Å². The SMILES string of the molecule is Cc1cc(NC(C)Cc2ccco2)c(C#N)c(C)n1. The molecule has 0 fully saturated rings. The molecule has 0 amide bonds. The van der Waals surface area contributed by atoms with E-state index in [9.17, 15) is 5.26 Å². The molecule has 0 bridgehead atoms. The summed E-state index contributed by atoms with van der Waals surface area (Å²) in [7, 11) is 0. The van der Waals surface area contributed by atoms with Gasteiger partial charge in [-0.25, -0.2) is 0 Å². The van der Waals surface area contributed by atoms with Gasteiger partial charge < -0.3 is 9.73 Å². The van der Waals surface area contributed by atoms with Crippen molar-refractivity contribution in [2.45, 2.75) is 33.2 Å². The fraction of sp³-hybridized carbons (Fsp3) is 0.333. The first kappa shape index (κ1) is 13.2. The molecule has 98 valence electrons. The van der Waals surface area contributed by atoms with E-state index in [2.05, 4.69) is 23.3 Å². The third-order valence-corrected chi connectivity index (χ3v) is 2.93. The molecule has 2 aromatic heterocycles. The first-order chi connectivity index (χ1) is 9.10. The van der Waals surface area contributed by atoms with Crippen molar-refractivity contribution in [3.05, 3.63) is 47.2 Å². The van der Waals surface area contributed by atoms with E-state index in [0.717, 1.165) is 29.3 Å². The average Bonchev–Trinajstić information content (AvgIpc) is 2.81. The van der Waals surface area contributed by atoms with Gasteiger partial charge in [-0.2, -0.15) is 5.26 Å². The molecule has 1 unspecified atom stereocenters. The monoisotopic (exact) mass is 255 g/mol. The van der Waals surface area contributed by atoms with E-state index in [0.29, 0.717) is 5.56 Å². The van der Waals surface area contributed by atoms with Crippen molar-refractivity contribution in [3.63, 3.8) is 0 Å². The Labute approximate surface area is 113 Å². The minimum atomic E-state index is 0.180. The van der Waals surface area contributed by atoms with Gasteiger partial charge in [0, 0.05) is 18.2 Å². The van der Waals surface area contributed by atoms with Gasteiger partial charge in [0.1, 0.15) is 11.8 Å². The maximum absolute atomic E-state index is 9.21. The van der Waals surface area contributed by atoms with Crippen LogP contribution in [0.15, 0.2) is 28.9 Å². The van der Waals surface area contributed by atoms with Crippen LogP contribution in [0, 0.1) is 25.2 Å². The fourth-order valence-corrected chi connectivity index (χ4v) is 2.13. The van der Waals surface area contributed by atoms with Crippen molar-refractivity contribution >= 4 is 5.69 Å². The fourth-order valence-electron chi connectivity index (χ4n) is 2.13. The summed E-state index contributed by atoms with van der Waals surface area (Å²) in [5.41, 5.74) is 3.11. The predicted octanol–water partition coefficient (Wildman–Crippen LogP) is 3.21. The van der Waals surface area contributed by atoms with Crippen LogP contribution in [-0.4, -0.2) is 11.0 Å². The van der Waals surface area contributed by atoms with Gasteiger partial charge in [-0.1, -0.05) is 0 Å². The summed E-state index contributed by atoms with van der Waals surface area (Å²) in [5, 5.41) is 12.6. The molecule has 0 aliphatic heterocycles. The zero-order valence-electron chi connectivity index (χ0n) is 11.4. The maximum atomic E-state index is 9.21. The molecule has 19 heavy (non-hydrogen) atoms. The highest BCUT2D eigenvalue weighted by Crippen LogP contribution is 2.20. The number of aryl methyl sites for hydroxylation is 2. The molecule has 2 heterocycles. The van der Waals surface area contributed by atoms with Gasteiger partial charge in [-0.05, 0) is 39.0 Å². The predicted molar refractivity (Wildman–Crippen MR) is 73.9 cm³/mol. The number of rotatable bonds is 4. The molecular weight excluding hydrogens is 238 g/mol. The molecule has 0 spiro atoms. The van der Waals surface area contributed by atoms with E-state index in [1.807, 2.05) is 32.0 Å². The van der Waals surface area contributed by atoms with Gasteiger partial charge in [0.25, 0.3) is 0 Å². The number of nitriles is 1. The van der Waals surface area contributed by atoms with Crippen LogP contribution in [0.5, 0.6) is 0 Å². The van der Waals surface area contributed by atoms with Crippen LogP contribution in [0.4, 0.5) is 5.69 Å². The van der Waals surface area contributed by atoms with E-state index < -0.39 is 0 Å². The van der Waals surface area contributed by atoms with Gasteiger partial charge in [-0.15, -0.1) is 0 Å². The van der Waals surface area contributed by atoms with Gasteiger partial charge in [0.15, 0.2) is 0 Å². The molecule has 4 nitrogen and oxygen atoms in total. The largest absolute Gasteiger partial charge is 0.469 e. The van der Waals surface area contributed by atoms with Gasteiger partial charge in [0.05, 0.1) is 23.2 Å². The summed E-state index contributed by atoms with van der Waals surface area (Å²) in [6, 6.07) is 8.12. The summed E-state index contributed by atoms with van der Waals surface area (Å²) in [6.07, 6.45) is 2.45. The Morgan fingerprint density at radius 3 is 2.89 bits per heavy atom. The molecular formula is C15H17N3O. The molecule has 0 aliphatic rings. The van der Waals surface area contributed by atoms with E-state index in [1.54, 1.807) is 6.26 Å². The van der Waals surface area contributed by atoms with Crippen LogP contribution in [0.3, 0.4) is 0 Å². The zero-order chi connectivity index (χ0) is 13.8. The minimum Gasteiger partial charge on any atom is -0.469 e. The second-order valence-electron chi connectivity index (χ2n) is 4.71. The Kier molecular flexibility index (Phi) is 3.86. The highest BCUT2D eigenvalue weighted by atomic mass is 16.3. The second-order valence-corrected chi connectivity index (χ2v) is 4.71. The van der Waals surface area contributed by atoms with Gasteiger partial charge >= 0.3 is 0 Å². The molecule has 0 aliphatic carbocycles. The molecule has 0 saturated carbocycles. The van der Waals surface area contributed by atoms with E-state index in [4.69, 9.17) is 4.42 Å². The number of furan rings is 1. The normalized spacial score (nSPS) is 11.9. The van der Waals surface area contributed by atoms with Crippen LogP contribution in [0.1, 0.15) is 29.6 Å². The quantitative estimate of drug-likeness (QED) is 0.911. The number of hydrogen-bond donors (Lipinski definition) is 1. The first-order valence-electron chi connectivity index (χ1n) is 6.27. The summed E-state index contributed by atoms with van der Waals surface area (Å²) < 4.78 is 5.33. The Morgan fingerprint density at radius 1 is 1.47 bits per heavy atom. The van der Waals surface area contributed by atoms with Crippen molar-refractivity contribution in [1.82, 2.24) is 4.98 Å². The number of nitrogens with zero attached hydrogens (tertiary/aromatic N) is 2. The van der Waals surface area contributed by atoms with E-state index in [-0.39, 0.29) is 6.04 Å². The molecule has 0 aromatic carbocycles. The molecule has 0 radical (unpaired) electrons.